The molecule has 1 aromatic heterocycles. The number of nitrogens with one attached hydrogen (secondary N) is 1. The van der Waals surface area contributed by atoms with E-state index in [1.807, 2.05) is 13.8 Å². The number of fused-ring (bicyclic) bond motifs is 1. The summed E-state index contributed by atoms with van der Waals surface area (Å²) in [5.41, 5.74) is 1.25. The molecule has 0 saturated carbocycles. The molecule has 1 heterocycles. The molecule has 0 fully saturated rings. The SMILES string of the molecule is CC1(C)CC(=O)c2cnc(NC#N)nc2C1. The van der Waals surface area contributed by atoms with Crippen molar-refractivity contribution < 1.29 is 4.79 Å². The molecule has 82 valence electrons. The number of nitrogens with zero attached hydrogens (tertiary/aromatic N) is 3. The van der Waals surface area contributed by atoms with Gasteiger partial charge in [-0.3, -0.25) is 10.1 Å². The van der Waals surface area contributed by atoms with E-state index in [-0.39, 0.29) is 17.1 Å². The summed E-state index contributed by atoms with van der Waals surface area (Å²) in [6.07, 6.45) is 4.52. The third kappa shape index (κ3) is 1.87. The van der Waals surface area contributed by atoms with Crippen LogP contribution >= 0.6 is 0 Å². The molecule has 0 amide bonds. The zero-order chi connectivity index (χ0) is 11.8. The number of aromatic nitrogens is 2. The van der Waals surface area contributed by atoms with Crippen LogP contribution in [0.4, 0.5) is 5.95 Å². The van der Waals surface area contributed by atoms with Crippen LogP contribution in [0, 0.1) is 16.9 Å². The van der Waals surface area contributed by atoms with Crippen LogP contribution in [0.3, 0.4) is 0 Å². The van der Waals surface area contributed by atoms with E-state index in [9.17, 15) is 4.79 Å². The monoisotopic (exact) mass is 216 g/mol. The molecule has 0 aliphatic heterocycles. The van der Waals surface area contributed by atoms with Crippen molar-refractivity contribution in [2.24, 2.45) is 5.41 Å². The molecule has 1 N–H and O–H groups in total. The van der Waals surface area contributed by atoms with Gasteiger partial charge in [0.2, 0.25) is 5.95 Å². The highest BCUT2D eigenvalue weighted by Gasteiger charge is 2.32. The van der Waals surface area contributed by atoms with Crippen molar-refractivity contribution >= 4 is 11.7 Å². The summed E-state index contributed by atoms with van der Waals surface area (Å²) in [5, 5.41) is 10.8. The second kappa shape index (κ2) is 3.56. The maximum absolute atomic E-state index is 11.8. The topological polar surface area (TPSA) is 78.7 Å². The lowest BCUT2D eigenvalue weighted by atomic mass is 9.76. The number of Topliss-reactive ketones (excluding diaryl/α,β-unsaturated/α-hetero) is 1. The van der Waals surface area contributed by atoms with Crippen LogP contribution in [0.1, 0.15) is 36.3 Å². The Morgan fingerprint density at radius 2 is 2.25 bits per heavy atom. The Hall–Kier alpha value is -1.96. The van der Waals surface area contributed by atoms with Crippen molar-refractivity contribution in [3.63, 3.8) is 0 Å². The Kier molecular flexibility index (Phi) is 2.35. The number of carbonyl (C=O) groups is 1. The van der Waals surface area contributed by atoms with Gasteiger partial charge in [-0.25, -0.2) is 9.97 Å². The Balaban J connectivity index is 2.43. The highest BCUT2D eigenvalue weighted by atomic mass is 16.1. The van der Waals surface area contributed by atoms with Gasteiger partial charge >= 0.3 is 0 Å². The third-order valence-electron chi connectivity index (χ3n) is 2.62. The average Bonchev–Trinajstić information content (AvgIpc) is 2.15. The van der Waals surface area contributed by atoms with Crippen LogP contribution in [0.15, 0.2) is 6.20 Å². The van der Waals surface area contributed by atoms with Crippen molar-refractivity contribution in [2.75, 3.05) is 5.32 Å². The van der Waals surface area contributed by atoms with Gasteiger partial charge in [-0.2, -0.15) is 5.26 Å². The molecule has 0 unspecified atom stereocenters. The zero-order valence-corrected chi connectivity index (χ0v) is 9.24. The fraction of sp³-hybridized carbons (Fsp3) is 0.455. The van der Waals surface area contributed by atoms with Crippen LogP contribution in [0.2, 0.25) is 0 Å². The second-order valence-electron chi connectivity index (χ2n) is 4.73. The van der Waals surface area contributed by atoms with Gasteiger partial charge in [-0.05, 0) is 11.8 Å². The molecule has 0 spiro atoms. The van der Waals surface area contributed by atoms with Gasteiger partial charge in [0.15, 0.2) is 12.0 Å². The number of hydrogen-bond acceptors (Lipinski definition) is 5. The first kappa shape index (κ1) is 10.6. The number of hydrogen-bond donors (Lipinski definition) is 1. The molecule has 1 aromatic rings. The maximum Gasteiger partial charge on any atom is 0.236 e. The lowest BCUT2D eigenvalue weighted by molar-refractivity contribution is 0.0910. The second-order valence-corrected chi connectivity index (χ2v) is 4.73. The fourth-order valence-corrected chi connectivity index (χ4v) is 1.94. The third-order valence-corrected chi connectivity index (χ3v) is 2.62. The number of rotatable bonds is 1. The number of carbonyl (C=O) groups excluding carboxylic acids is 1. The normalized spacial score (nSPS) is 17.4. The average molecular weight is 216 g/mol. The number of nitriles is 1. The van der Waals surface area contributed by atoms with Gasteiger partial charge < -0.3 is 0 Å². The van der Waals surface area contributed by atoms with E-state index in [2.05, 4.69) is 15.3 Å². The standard InChI is InChI=1S/C11H12N4O/c1-11(2)3-8-7(9(16)4-11)5-13-10(15-8)14-6-12/h5H,3-4H2,1-2H3,(H,13,14,15). The van der Waals surface area contributed by atoms with E-state index in [1.54, 1.807) is 6.19 Å². The van der Waals surface area contributed by atoms with Crippen molar-refractivity contribution in [3.8, 4) is 6.19 Å². The predicted octanol–water partition coefficient (Wildman–Crippen LogP) is 1.52. The van der Waals surface area contributed by atoms with E-state index < -0.39 is 0 Å². The summed E-state index contributed by atoms with van der Waals surface area (Å²) in [6, 6.07) is 0. The predicted molar refractivity (Wildman–Crippen MR) is 57.7 cm³/mol. The minimum Gasteiger partial charge on any atom is -0.294 e. The molecule has 0 radical (unpaired) electrons. The quantitative estimate of drug-likeness (QED) is 0.568. The van der Waals surface area contributed by atoms with E-state index >= 15 is 0 Å². The first-order chi connectivity index (χ1) is 7.52. The molecule has 0 atom stereocenters. The largest absolute Gasteiger partial charge is 0.294 e. The lowest BCUT2D eigenvalue weighted by Gasteiger charge is -2.28. The molecule has 2 rings (SSSR count). The molecule has 5 heteroatoms. The van der Waals surface area contributed by atoms with Crippen LogP contribution in [0.25, 0.3) is 0 Å². The highest BCUT2D eigenvalue weighted by Crippen LogP contribution is 2.33. The smallest absolute Gasteiger partial charge is 0.236 e. The molecular formula is C11H12N4O. The lowest BCUT2D eigenvalue weighted by Crippen LogP contribution is -2.28. The fourth-order valence-electron chi connectivity index (χ4n) is 1.94. The Labute approximate surface area is 93.5 Å². The van der Waals surface area contributed by atoms with Crippen LogP contribution in [0.5, 0.6) is 0 Å². The van der Waals surface area contributed by atoms with E-state index in [4.69, 9.17) is 5.26 Å². The van der Waals surface area contributed by atoms with Crippen LogP contribution in [-0.4, -0.2) is 15.8 Å². The summed E-state index contributed by atoms with van der Waals surface area (Å²) in [5.74, 6) is 0.335. The van der Waals surface area contributed by atoms with Crippen molar-refractivity contribution in [1.29, 1.82) is 5.26 Å². The van der Waals surface area contributed by atoms with Gasteiger partial charge in [0.1, 0.15) is 0 Å². The van der Waals surface area contributed by atoms with Crippen LogP contribution < -0.4 is 5.32 Å². The summed E-state index contributed by atoms with van der Waals surface area (Å²) < 4.78 is 0. The van der Waals surface area contributed by atoms with Crippen LogP contribution in [-0.2, 0) is 6.42 Å². The highest BCUT2D eigenvalue weighted by molar-refractivity contribution is 5.98. The van der Waals surface area contributed by atoms with Gasteiger partial charge in [0, 0.05) is 12.6 Å². The first-order valence-corrected chi connectivity index (χ1v) is 5.06. The van der Waals surface area contributed by atoms with Crippen molar-refractivity contribution in [1.82, 2.24) is 9.97 Å². The molecule has 1 aliphatic carbocycles. The summed E-state index contributed by atoms with van der Waals surface area (Å²) in [6.45, 7) is 4.07. The van der Waals surface area contributed by atoms with Gasteiger partial charge in [-0.15, -0.1) is 0 Å². The zero-order valence-electron chi connectivity index (χ0n) is 9.24. The Morgan fingerprint density at radius 1 is 1.50 bits per heavy atom. The van der Waals surface area contributed by atoms with Gasteiger partial charge in [0.05, 0.1) is 11.3 Å². The summed E-state index contributed by atoms with van der Waals surface area (Å²) in [7, 11) is 0. The Morgan fingerprint density at radius 3 is 2.94 bits per heavy atom. The molecular weight excluding hydrogens is 204 g/mol. The van der Waals surface area contributed by atoms with Gasteiger partial charge in [-0.1, -0.05) is 13.8 Å². The minimum absolute atomic E-state index is 0.0671. The van der Waals surface area contributed by atoms with Crippen molar-refractivity contribution in [3.05, 3.63) is 17.5 Å². The van der Waals surface area contributed by atoms with E-state index in [0.717, 1.165) is 12.1 Å². The number of ketones is 1. The molecule has 16 heavy (non-hydrogen) atoms. The summed E-state index contributed by atoms with van der Waals surface area (Å²) in [4.78, 5) is 19.9. The molecule has 5 nitrogen and oxygen atoms in total. The van der Waals surface area contributed by atoms with Gasteiger partial charge in [0.25, 0.3) is 0 Å². The molecule has 0 saturated heterocycles. The van der Waals surface area contributed by atoms with E-state index in [0.29, 0.717) is 12.0 Å². The molecule has 1 aliphatic rings. The Bertz CT molecular complexity index is 487. The molecule has 0 bridgehead atoms. The van der Waals surface area contributed by atoms with Crippen molar-refractivity contribution in [2.45, 2.75) is 26.7 Å². The minimum atomic E-state index is -0.0671. The molecule has 0 aromatic carbocycles. The maximum atomic E-state index is 11.8. The summed E-state index contributed by atoms with van der Waals surface area (Å²) >= 11 is 0. The number of anilines is 1. The first-order valence-electron chi connectivity index (χ1n) is 5.06. The van der Waals surface area contributed by atoms with E-state index in [1.165, 1.54) is 6.20 Å².